The van der Waals surface area contributed by atoms with E-state index in [4.69, 9.17) is 4.74 Å². The molecule has 106 valence electrons. The number of hydrogen-bond donors (Lipinski definition) is 1. The summed E-state index contributed by atoms with van der Waals surface area (Å²) in [5.74, 6) is 0.655. The number of benzene rings is 1. The van der Waals surface area contributed by atoms with Gasteiger partial charge in [-0.05, 0) is 45.2 Å². The molecule has 3 atom stereocenters. The highest BCUT2D eigenvalue weighted by atomic mass is 16.5. The molecule has 2 nitrogen and oxygen atoms in total. The molecule has 0 spiro atoms. The van der Waals surface area contributed by atoms with E-state index in [9.17, 15) is 0 Å². The molecule has 1 aromatic rings. The molecule has 2 rings (SSSR count). The Morgan fingerprint density at radius 1 is 1.42 bits per heavy atom. The summed E-state index contributed by atoms with van der Waals surface area (Å²) in [6.45, 7) is 8.59. The highest BCUT2D eigenvalue weighted by Gasteiger charge is 2.29. The summed E-state index contributed by atoms with van der Waals surface area (Å²) in [5, 5.41) is 3.72. The van der Waals surface area contributed by atoms with Gasteiger partial charge in [0, 0.05) is 12.0 Å². The van der Waals surface area contributed by atoms with Gasteiger partial charge in [-0.1, -0.05) is 36.8 Å². The molecule has 0 saturated carbocycles. The van der Waals surface area contributed by atoms with E-state index >= 15 is 0 Å². The topological polar surface area (TPSA) is 21.3 Å². The fourth-order valence-electron chi connectivity index (χ4n) is 2.96. The summed E-state index contributed by atoms with van der Waals surface area (Å²) < 4.78 is 5.75. The predicted molar refractivity (Wildman–Crippen MR) is 80.5 cm³/mol. The van der Waals surface area contributed by atoms with Crippen LogP contribution in [0.15, 0.2) is 24.3 Å². The minimum Gasteiger partial charge on any atom is -0.378 e. The summed E-state index contributed by atoms with van der Waals surface area (Å²) in [6, 6.07) is 9.42. The van der Waals surface area contributed by atoms with Gasteiger partial charge in [0.2, 0.25) is 0 Å². The van der Waals surface area contributed by atoms with Crippen molar-refractivity contribution in [2.45, 2.75) is 52.2 Å². The number of aryl methyl sites for hydroxylation is 1. The number of nitrogens with one attached hydrogen (secondary N) is 1. The third kappa shape index (κ3) is 4.32. The second kappa shape index (κ2) is 7.06. The first-order valence-electron chi connectivity index (χ1n) is 7.59. The first-order chi connectivity index (χ1) is 9.19. The van der Waals surface area contributed by atoms with Crippen LogP contribution >= 0.6 is 0 Å². The molecular weight excluding hydrogens is 234 g/mol. The van der Waals surface area contributed by atoms with Crippen molar-refractivity contribution in [3.8, 4) is 0 Å². The lowest BCUT2D eigenvalue weighted by molar-refractivity contribution is 0.117. The molecule has 1 aliphatic heterocycles. The smallest absolute Gasteiger partial charge is 0.0551 e. The Kier molecular flexibility index (Phi) is 5.41. The molecule has 2 heteroatoms. The van der Waals surface area contributed by atoms with Crippen molar-refractivity contribution in [1.29, 1.82) is 0 Å². The largest absolute Gasteiger partial charge is 0.378 e. The van der Waals surface area contributed by atoms with Gasteiger partial charge in [-0.3, -0.25) is 0 Å². The first-order valence-corrected chi connectivity index (χ1v) is 7.59. The van der Waals surface area contributed by atoms with Crippen molar-refractivity contribution >= 4 is 0 Å². The standard InChI is InChI=1S/C17H27NO/c1-4-8-18-17(16-10-14(3)19-12-16)11-15-7-5-6-13(2)9-15/h5-7,9,14,16-18H,4,8,10-12H2,1-3H3. The van der Waals surface area contributed by atoms with E-state index < -0.39 is 0 Å². The maximum Gasteiger partial charge on any atom is 0.0551 e. The summed E-state index contributed by atoms with van der Waals surface area (Å²) in [6.07, 6.45) is 3.91. The van der Waals surface area contributed by atoms with Gasteiger partial charge in [-0.25, -0.2) is 0 Å². The number of rotatable bonds is 6. The Hall–Kier alpha value is -0.860. The third-order valence-corrected chi connectivity index (χ3v) is 3.99. The molecule has 1 N–H and O–H groups in total. The fraction of sp³-hybridized carbons (Fsp3) is 0.647. The molecule has 0 amide bonds. The maximum absolute atomic E-state index is 5.75. The van der Waals surface area contributed by atoms with Gasteiger partial charge in [-0.15, -0.1) is 0 Å². The second-order valence-electron chi connectivity index (χ2n) is 5.89. The minimum atomic E-state index is 0.424. The van der Waals surface area contributed by atoms with Crippen LogP contribution in [-0.4, -0.2) is 25.3 Å². The highest BCUT2D eigenvalue weighted by Crippen LogP contribution is 2.24. The zero-order valence-electron chi connectivity index (χ0n) is 12.5. The number of ether oxygens (including phenoxy) is 1. The molecule has 0 radical (unpaired) electrons. The van der Waals surface area contributed by atoms with E-state index in [0.29, 0.717) is 18.1 Å². The molecule has 0 aliphatic carbocycles. The lowest BCUT2D eigenvalue weighted by atomic mass is 9.91. The van der Waals surface area contributed by atoms with E-state index in [0.717, 1.165) is 19.6 Å². The number of hydrogen-bond acceptors (Lipinski definition) is 2. The van der Waals surface area contributed by atoms with Crippen LogP contribution in [0.5, 0.6) is 0 Å². The van der Waals surface area contributed by atoms with Crippen LogP contribution < -0.4 is 5.32 Å². The summed E-state index contributed by atoms with van der Waals surface area (Å²) in [4.78, 5) is 0. The van der Waals surface area contributed by atoms with Crippen molar-refractivity contribution in [2.24, 2.45) is 5.92 Å². The summed E-state index contributed by atoms with van der Waals surface area (Å²) >= 11 is 0. The van der Waals surface area contributed by atoms with E-state index in [-0.39, 0.29) is 0 Å². The molecule has 1 saturated heterocycles. The molecule has 1 aliphatic rings. The van der Waals surface area contributed by atoms with Gasteiger partial charge < -0.3 is 10.1 Å². The van der Waals surface area contributed by atoms with Crippen LogP contribution in [0.1, 0.15) is 37.8 Å². The van der Waals surface area contributed by atoms with Crippen LogP contribution in [0.2, 0.25) is 0 Å². The SMILES string of the molecule is CCCNC(Cc1cccc(C)c1)C1COC(C)C1. The molecule has 0 bridgehead atoms. The van der Waals surface area contributed by atoms with Crippen molar-refractivity contribution in [1.82, 2.24) is 5.32 Å². The van der Waals surface area contributed by atoms with Crippen molar-refractivity contribution in [2.75, 3.05) is 13.2 Å². The monoisotopic (exact) mass is 261 g/mol. The zero-order valence-corrected chi connectivity index (χ0v) is 12.5. The van der Waals surface area contributed by atoms with Gasteiger partial charge in [0.1, 0.15) is 0 Å². The normalized spacial score (nSPS) is 24.6. The lowest BCUT2D eigenvalue weighted by Gasteiger charge is -2.24. The molecule has 1 aromatic carbocycles. The van der Waals surface area contributed by atoms with Crippen molar-refractivity contribution < 1.29 is 4.74 Å². The Bertz CT molecular complexity index is 391. The van der Waals surface area contributed by atoms with Crippen LogP contribution in [0.3, 0.4) is 0 Å². The fourth-order valence-corrected chi connectivity index (χ4v) is 2.96. The van der Waals surface area contributed by atoms with Crippen molar-refractivity contribution in [3.63, 3.8) is 0 Å². The second-order valence-corrected chi connectivity index (χ2v) is 5.89. The van der Waals surface area contributed by atoms with E-state index in [1.807, 2.05) is 0 Å². The summed E-state index contributed by atoms with van der Waals surface area (Å²) in [5.41, 5.74) is 2.79. The maximum atomic E-state index is 5.75. The minimum absolute atomic E-state index is 0.424. The van der Waals surface area contributed by atoms with Crippen LogP contribution in [0.25, 0.3) is 0 Å². The van der Waals surface area contributed by atoms with E-state index in [1.54, 1.807) is 0 Å². The van der Waals surface area contributed by atoms with Gasteiger partial charge in [0.05, 0.1) is 12.7 Å². The molecule has 0 aromatic heterocycles. The van der Waals surface area contributed by atoms with E-state index in [1.165, 1.54) is 24.0 Å². The van der Waals surface area contributed by atoms with Gasteiger partial charge in [0.15, 0.2) is 0 Å². The van der Waals surface area contributed by atoms with Gasteiger partial charge in [0.25, 0.3) is 0 Å². The van der Waals surface area contributed by atoms with E-state index in [2.05, 4.69) is 50.4 Å². The predicted octanol–water partition coefficient (Wildman–Crippen LogP) is 3.33. The average molecular weight is 261 g/mol. The van der Waals surface area contributed by atoms with Crippen molar-refractivity contribution in [3.05, 3.63) is 35.4 Å². The van der Waals surface area contributed by atoms with Crippen LogP contribution in [0, 0.1) is 12.8 Å². The molecular formula is C17H27NO. The Morgan fingerprint density at radius 3 is 2.89 bits per heavy atom. The van der Waals surface area contributed by atoms with Crippen LogP contribution in [-0.2, 0) is 11.2 Å². The Morgan fingerprint density at radius 2 is 2.26 bits per heavy atom. The van der Waals surface area contributed by atoms with Gasteiger partial charge in [-0.2, -0.15) is 0 Å². The lowest BCUT2D eigenvalue weighted by Crippen LogP contribution is -2.39. The Balaban J connectivity index is 2.00. The summed E-state index contributed by atoms with van der Waals surface area (Å²) in [7, 11) is 0. The highest BCUT2D eigenvalue weighted by molar-refractivity contribution is 5.23. The third-order valence-electron chi connectivity index (χ3n) is 3.99. The molecule has 19 heavy (non-hydrogen) atoms. The Labute approximate surface area is 117 Å². The first kappa shape index (κ1) is 14.5. The molecule has 1 fully saturated rings. The quantitative estimate of drug-likeness (QED) is 0.848. The van der Waals surface area contributed by atoms with Gasteiger partial charge >= 0.3 is 0 Å². The zero-order chi connectivity index (χ0) is 13.7. The average Bonchev–Trinajstić information content (AvgIpc) is 2.81. The molecule has 1 heterocycles. The molecule has 3 unspecified atom stereocenters. The van der Waals surface area contributed by atoms with Crippen LogP contribution in [0.4, 0.5) is 0 Å².